The number of amides is 1. The van der Waals surface area contributed by atoms with Gasteiger partial charge in [-0.25, -0.2) is 4.52 Å². The molecule has 5 heterocycles. The van der Waals surface area contributed by atoms with Crippen molar-refractivity contribution >= 4 is 17.1 Å². The zero-order valence-corrected chi connectivity index (χ0v) is 20.6. The Labute approximate surface area is 205 Å². The Morgan fingerprint density at radius 3 is 2.43 bits per heavy atom. The van der Waals surface area contributed by atoms with Crippen molar-refractivity contribution < 1.29 is 4.79 Å². The van der Waals surface area contributed by atoms with Crippen LogP contribution >= 0.6 is 0 Å². The minimum Gasteiger partial charge on any atom is -0.370 e. The quantitative estimate of drug-likeness (QED) is 0.543. The van der Waals surface area contributed by atoms with Gasteiger partial charge in [0.15, 0.2) is 0 Å². The van der Waals surface area contributed by atoms with Crippen LogP contribution in [0.4, 0.5) is 5.69 Å². The van der Waals surface area contributed by atoms with E-state index >= 15 is 0 Å². The van der Waals surface area contributed by atoms with Crippen LogP contribution in [0.2, 0.25) is 0 Å². The van der Waals surface area contributed by atoms with Gasteiger partial charge in [0.2, 0.25) is 5.91 Å². The van der Waals surface area contributed by atoms with Gasteiger partial charge in [-0.3, -0.25) is 14.4 Å². The van der Waals surface area contributed by atoms with Crippen LogP contribution in [0.25, 0.3) is 16.6 Å². The molecule has 3 aromatic rings. The van der Waals surface area contributed by atoms with Gasteiger partial charge < -0.3 is 9.80 Å². The average molecular weight is 473 g/mol. The Morgan fingerprint density at radius 1 is 1.11 bits per heavy atom. The van der Waals surface area contributed by atoms with E-state index in [1.807, 2.05) is 35.1 Å². The number of hydrogen-bond donors (Lipinski definition) is 0. The van der Waals surface area contributed by atoms with Gasteiger partial charge in [-0.15, -0.1) is 0 Å². The molecule has 2 fully saturated rings. The van der Waals surface area contributed by atoms with Crippen LogP contribution in [-0.4, -0.2) is 79.4 Å². The summed E-state index contributed by atoms with van der Waals surface area (Å²) in [5, 5.41) is 18.5. The summed E-state index contributed by atoms with van der Waals surface area (Å²) < 4.78 is 3.61. The molecule has 0 N–H and O–H groups in total. The molecule has 0 bridgehead atoms. The molecule has 0 radical (unpaired) electrons. The highest BCUT2D eigenvalue weighted by Gasteiger charge is 2.36. The van der Waals surface area contributed by atoms with E-state index in [1.54, 1.807) is 10.9 Å². The number of aryl methyl sites for hydroxylation is 1. The third-order valence-corrected chi connectivity index (χ3v) is 7.45. The second-order valence-corrected chi connectivity index (χ2v) is 9.80. The standard InChI is InChI=1S/C26H32N8O/c1-5-25(35)34-18(2)14-32(15-19(34)3)23-6-8-31(9-7-23)24-10-20(22-13-28-30(4)16-22)17-33-26(24)21(11-27)12-29-33/h5,10,12-13,16-19,23H,1,6-9,14-15H2,2-4H3/t18-,19+. The highest BCUT2D eigenvalue weighted by atomic mass is 16.2. The Kier molecular flexibility index (Phi) is 6.07. The van der Waals surface area contributed by atoms with Gasteiger partial charge >= 0.3 is 0 Å². The number of anilines is 1. The van der Waals surface area contributed by atoms with Crippen molar-refractivity contribution in [1.82, 2.24) is 29.2 Å². The maximum atomic E-state index is 12.3. The molecular formula is C26H32N8O. The van der Waals surface area contributed by atoms with Gasteiger partial charge in [-0.1, -0.05) is 6.58 Å². The largest absolute Gasteiger partial charge is 0.370 e. The zero-order valence-electron chi connectivity index (χ0n) is 20.6. The summed E-state index contributed by atoms with van der Waals surface area (Å²) in [6, 6.07) is 5.29. The smallest absolute Gasteiger partial charge is 0.246 e. The van der Waals surface area contributed by atoms with E-state index in [-0.39, 0.29) is 18.0 Å². The summed E-state index contributed by atoms with van der Waals surface area (Å²) in [5.74, 6) is 0.0195. The van der Waals surface area contributed by atoms with Crippen LogP contribution in [0.1, 0.15) is 32.3 Å². The third-order valence-electron chi connectivity index (χ3n) is 7.45. The van der Waals surface area contributed by atoms with Gasteiger partial charge in [-0.05, 0) is 38.8 Å². The second-order valence-electron chi connectivity index (χ2n) is 9.80. The Morgan fingerprint density at radius 2 is 1.83 bits per heavy atom. The number of piperazine rings is 1. The highest BCUT2D eigenvalue weighted by Crippen LogP contribution is 2.33. The number of carbonyl (C=O) groups excluding carboxylic acids is 1. The maximum Gasteiger partial charge on any atom is 0.246 e. The van der Waals surface area contributed by atoms with Crippen molar-refractivity contribution in [3.8, 4) is 17.2 Å². The summed E-state index contributed by atoms with van der Waals surface area (Å²) >= 11 is 0. The van der Waals surface area contributed by atoms with E-state index in [2.05, 4.69) is 52.6 Å². The first-order chi connectivity index (χ1) is 16.9. The van der Waals surface area contributed by atoms with Crippen LogP contribution in [0.3, 0.4) is 0 Å². The van der Waals surface area contributed by atoms with Gasteiger partial charge in [0.05, 0.1) is 23.6 Å². The Hall–Kier alpha value is -3.64. The number of fused-ring (bicyclic) bond motifs is 1. The van der Waals surface area contributed by atoms with Crippen LogP contribution in [0.5, 0.6) is 0 Å². The lowest BCUT2D eigenvalue weighted by Gasteiger charge is -2.48. The molecular weight excluding hydrogens is 440 g/mol. The lowest BCUT2D eigenvalue weighted by molar-refractivity contribution is -0.134. The number of nitriles is 1. The van der Waals surface area contributed by atoms with Crippen LogP contribution in [0, 0.1) is 11.3 Å². The van der Waals surface area contributed by atoms with Crippen molar-refractivity contribution in [2.45, 2.75) is 44.8 Å². The van der Waals surface area contributed by atoms with Gasteiger partial charge in [-0.2, -0.15) is 15.5 Å². The van der Waals surface area contributed by atoms with Gasteiger partial charge in [0.25, 0.3) is 0 Å². The van der Waals surface area contributed by atoms with Crippen LogP contribution < -0.4 is 4.90 Å². The van der Waals surface area contributed by atoms with E-state index < -0.39 is 0 Å². The van der Waals surface area contributed by atoms with Crippen molar-refractivity contribution in [2.24, 2.45) is 7.05 Å². The normalized spacial score (nSPS) is 21.9. The van der Waals surface area contributed by atoms with Crippen LogP contribution in [-0.2, 0) is 11.8 Å². The summed E-state index contributed by atoms with van der Waals surface area (Å²) in [6.07, 6.45) is 11.0. The zero-order chi connectivity index (χ0) is 24.7. The third kappa shape index (κ3) is 4.19. The van der Waals surface area contributed by atoms with E-state index in [4.69, 9.17) is 0 Å². The predicted octanol–water partition coefficient (Wildman–Crippen LogP) is 2.68. The fraction of sp³-hybridized carbons (Fsp3) is 0.462. The monoisotopic (exact) mass is 472 g/mol. The van der Waals surface area contributed by atoms with Gasteiger partial charge in [0, 0.05) is 74.9 Å². The number of aromatic nitrogens is 4. The number of rotatable bonds is 4. The van der Waals surface area contributed by atoms with Crippen molar-refractivity contribution in [1.29, 1.82) is 5.26 Å². The minimum absolute atomic E-state index is 0.0195. The Balaban J connectivity index is 1.36. The summed E-state index contributed by atoms with van der Waals surface area (Å²) in [6.45, 7) is 11.5. The first-order valence-electron chi connectivity index (χ1n) is 12.2. The molecule has 0 unspecified atom stereocenters. The molecule has 0 saturated carbocycles. The number of nitrogens with zero attached hydrogens (tertiary/aromatic N) is 8. The van der Waals surface area contributed by atoms with Crippen molar-refractivity contribution in [3.05, 3.63) is 49.1 Å². The lowest BCUT2D eigenvalue weighted by Crippen LogP contribution is -2.61. The number of piperidine rings is 1. The van der Waals surface area contributed by atoms with E-state index in [9.17, 15) is 10.1 Å². The predicted molar refractivity (Wildman–Crippen MR) is 135 cm³/mol. The molecule has 0 aromatic carbocycles. The second kappa shape index (κ2) is 9.19. The molecule has 2 saturated heterocycles. The molecule has 9 heteroatoms. The summed E-state index contributed by atoms with van der Waals surface area (Å²) in [5.41, 5.74) is 4.54. The van der Waals surface area contributed by atoms with E-state index in [0.29, 0.717) is 11.6 Å². The lowest BCUT2D eigenvalue weighted by atomic mass is 9.98. The van der Waals surface area contributed by atoms with E-state index in [0.717, 1.165) is 61.4 Å². The fourth-order valence-corrected chi connectivity index (χ4v) is 5.82. The van der Waals surface area contributed by atoms with Crippen molar-refractivity contribution in [3.63, 3.8) is 0 Å². The molecule has 182 valence electrons. The number of hydrogen-bond acceptors (Lipinski definition) is 6. The van der Waals surface area contributed by atoms with Crippen molar-refractivity contribution in [2.75, 3.05) is 31.1 Å². The molecule has 0 aliphatic carbocycles. The average Bonchev–Trinajstić information content (AvgIpc) is 3.48. The molecule has 9 nitrogen and oxygen atoms in total. The minimum atomic E-state index is 0.0195. The van der Waals surface area contributed by atoms with E-state index in [1.165, 1.54) is 6.08 Å². The first-order valence-corrected chi connectivity index (χ1v) is 12.2. The fourth-order valence-electron chi connectivity index (χ4n) is 5.82. The molecule has 0 spiro atoms. The summed E-state index contributed by atoms with van der Waals surface area (Å²) in [7, 11) is 1.91. The molecule has 5 rings (SSSR count). The number of pyridine rings is 1. The molecule has 1 amide bonds. The SMILES string of the molecule is C=CC(=O)N1[C@H](C)CN(C2CCN(c3cc(-c4cnn(C)c4)cn4ncc(C#N)c34)CC2)C[C@@H]1C. The number of carbonyl (C=O) groups is 1. The molecule has 2 aliphatic rings. The molecule has 2 atom stereocenters. The highest BCUT2D eigenvalue weighted by molar-refractivity contribution is 5.87. The molecule has 2 aliphatic heterocycles. The molecule has 3 aromatic heterocycles. The molecule has 35 heavy (non-hydrogen) atoms. The summed E-state index contributed by atoms with van der Waals surface area (Å²) in [4.78, 5) is 19.2. The van der Waals surface area contributed by atoms with Crippen LogP contribution in [0.15, 0.2) is 43.5 Å². The maximum absolute atomic E-state index is 12.3. The topological polar surface area (TPSA) is 85.7 Å². The van der Waals surface area contributed by atoms with Gasteiger partial charge in [0.1, 0.15) is 11.6 Å². The Bertz CT molecular complexity index is 1280. The first kappa shape index (κ1) is 23.1.